The highest BCUT2D eigenvalue weighted by Crippen LogP contribution is 2.39. The Morgan fingerprint density at radius 2 is 0.613 bits per heavy atom. The monoisotopic (exact) mass is 792 g/mol. The van der Waals surface area contributed by atoms with E-state index in [-0.39, 0.29) is 0 Å². The first-order valence-electron chi connectivity index (χ1n) is 20.4. The Morgan fingerprint density at radius 1 is 0.274 bits per heavy atom. The van der Waals surface area contributed by atoms with Gasteiger partial charge in [0.05, 0.1) is 90.0 Å². The third kappa shape index (κ3) is 4.52. The number of aromatic nitrogens is 10. The first-order chi connectivity index (χ1) is 30.8. The molecule has 0 atom stereocenters. The zero-order valence-electron chi connectivity index (χ0n) is 32.6. The van der Waals surface area contributed by atoms with E-state index in [1.54, 1.807) is 24.8 Å². The summed E-state index contributed by atoms with van der Waals surface area (Å²) in [6.07, 6.45) is 11.0. The number of fused-ring (bicyclic) bond motifs is 18. The zero-order valence-corrected chi connectivity index (χ0v) is 32.6. The number of nitrogens with zero attached hydrogens (tertiary/aromatic N) is 10. The second kappa shape index (κ2) is 12.4. The van der Waals surface area contributed by atoms with Gasteiger partial charge in [0.15, 0.2) is 0 Å². The van der Waals surface area contributed by atoms with Gasteiger partial charge in [0.25, 0.3) is 0 Å². The molecule has 0 aliphatic heterocycles. The number of hydrogen-bond donors (Lipinski definition) is 0. The van der Waals surface area contributed by atoms with Crippen molar-refractivity contribution in [1.29, 1.82) is 0 Å². The molecule has 10 heteroatoms. The summed E-state index contributed by atoms with van der Waals surface area (Å²) in [4.78, 5) is 39.5. The van der Waals surface area contributed by atoms with Crippen molar-refractivity contribution >= 4 is 109 Å². The average molecular weight is 793 g/mol. The van der Waals surface area contributed by atoms with Crippen LogP contribution in [0.1, 0.15) is 0 Å². The molecule has 0 spiro atoms. The highest BCUT2D eigenvalue weighted by molar-refractivity contribution is 6.22. The molecule has 10 nitrogen and oxygen atoms in total. The second-order valence-corrected chi connectivity index (χ2v) is 15.6. The fourth-order valence-electron chi connectivity index (χ4n) is 9.62. The molecule has 0 unspecified atom stereocenters. The van der Waals surface area contributed by atoms with E-state index >= 15 is 0 Å². The minimum atomic E-state index is 0.773. The molecule has 8 aromatic heterocycles. The fraction of sp³-hybridized carbons (Fsp3) is 0. The molecule has 6 aromatic carbocycles. The SMILES string of the molecule is c1cnc2c(c1)c1ncc(-c3ccc4c5ccccc5n(-n5c6ccccc6c6ccc(-c7cnc8c9cccnc9c9ncccc9c8n7)cc65)c4c3)nc1c1cccnc12. The number of pyridine rings is 4. The van der Waals surface area contributed by atoms with Crippen LogP contribution in [0.2, 0.25) is 0 Å². The molecule has 0 aliphatic rings. The molecule has 0 saturated heterocycles. The van der Waals surface area contributed by atoms with Crippen LogP contribution in [0.4, 0.5) is 0 Å². The summed E-state index contributed by atoms with van der Waals surface area (Å²) in [5, 5.41) is 8.28. The van der Waals surface area contributed by atoms with Crippen LogP contribution in [-0.2, 0) is 0 Å². The van der Waals surface area contributed by atoms with E-state index in [9.17, 15) is 0 Å². The molecule has 0 N–H and O–H groups in total. The van der Waals surface area contributed by atoms with E-state index in [1.165, 1.54) is 0 Å². The lowest BCUT2D eigenvalue weighted by Crippen LogP contribution is -2.08. The molecule has 0 radical (unpaired) electrons. The molecule has 62 heavy (non-hydrogen) atoms. The van der Waals surface area contributed by atoms with Crippen LogP contribution >= 0.6 is 0 Å². The van der Waals surface area contributed by atoms with Crippen LogP contribution < -0.4 is 0 Å². The summed E-state index contributed by atoms with van der Waals surface area (Å²) in [6.45, 7) is 0. The third-order valence-corrected chi connectivity index (χ3v) is 12.3. The number of benzene rings is 6. The Kier molecular flexibility index (Phi) is 6.61. The van der Waals surface area contributed by atoms with Gasteiger partial charge in [0, 0.05) is 79.0 Å². The van der Waals surface area contributed by atoms with Gasteiger partial charge >= 0.3 is 0 Å². The zero-order chi connectivity index (χ0) is 40.5. The van der Waals surface area contributed by atoms with Gasteiger partial charge in [-0.15, -0.1) is 0 Å². The summed E-state index contributed by atoms with van der Waals surface area (Å²) in [5.74, 6) is 0. The Hall–Kier alpha value is -8.76. The molecule has 0 aliphatic carbocycles. The molecule has 286 valence electrons. The summed E-state index contributed by atoms with van der Waals surface area (Å²) < 4.78 is 4.69. The number of para-hydroxylation sites is 2. The fourth-order valence-corrected chi connectivity index (χ4v) is 9.62. The van der Waals surface area contributed by atoms with E-state index < -0.39 is 0 Å². The Labute approximate surface area is 350 Å². The standard InChI is InChI=1S/C52H28N10/c1-3-15-41-31(9-1)33-19-17-29(39-27-57-49-35-11-5-21-53-45(35)47-37(51(49)59-39)13-7-23-55-47)25-43(33)61(41)62-42-16-4-2-10-32(42)34-20-18-30(26-44(34)62)40-28-58-50-36-12-6-22-54-46(36)48-38(52(50)60-40)14-8-24-56-48/h1-28H. The van der Waals surface area contributed by atoms with Gasteiger partial charge in [-0.05, 0) is 72.8 Å². The molecule has 8 heterocycles. The molecule has 14 aromatic rings. The Balaban J connectivity index is 1.01. The maximum atomic E-state index is 5.31. The van der Waals surface area contributed by atoms with Crippen LogP contribution in [0.3, 0.4) is 0 Å². The minimum Gasteiger partial charge on any atom is -0.254 e. The van der Waals surface area contributed by atoms with Gasteiger partial charge in [-0.25, -0.2) is 19.3 Å². The number of rotatable bonds is 3. The van der Waals surface area contributed by atoms with Crippen molar-refractivity contribution in [2.24, 2.45) is 0 Å². The van der Waals surface area contributed by atoms with Crippen LogP contribution in [0.5, 0.6) is 0 Å². The lowest BCUT2D eigenvalue weighted by Gasteiger charge is -2.14. The lowest BCUT2D eigenvalue weighted by molar-refractivity contribution is 0.775. The van der Waals surface area contributed by atoms with Crippen molar-refractivity contribution < 1.29 is 0 Å². The Morgan fingerprint density at radius 3 is 1.03 bits per heavy atom. The van der Waals surface area contributed by atoms with Crippen molar-refractivity contribution in [3.8, 4) is 22.5 Å². The molecule has 14 rings (SSSR count). The van der Waals surface area contributed by atoms with Crippen molar-refractivity contribution in [3.05, 3.63) is 171 Å². The van der Waals surface area contributed by atoms with Gasteiger partial charge in [-0.2, -0.15) is 0 Å². The summed E-state index contributed by atoms with van der Waals surface area (Å²) in [5.41, 5.74) is 14.2. The Bertz CT molecular complexity index is 3900. The van der Waals surface area contributed by atoms with Gasteiger partial charge in [0.2, 0.25) is 0 Å². The summed E-state index contributed by atoms with van der Waals surface area (Å²) >= 11 is 0. The highest BCUT2D eigenvalue weighted by atomic mass is 15.5. The first-order valence-corrected chi connectivity index (χ1v) is 20.4. The van der Waals surface area contributed by atoms with E-state index in [1.807, 2.05) is 48.8 Å². The molecular formula is C52H28N10. The van der Waals surface area contributed by atoms with Crippen LogP contribution in [-0.4, -0.2) is 49.2 Å². The molecular weight excluding hydrogens is 765 g/mol. The van der Waals surface area contributed by atoms with E-state index in [2.05, 4.69) is 116 Å². The van der Waals surface area contributed by atoms with E-state index in [4.69, 9.17) is 29.9 Å². The maximum absolute atomic E-state index is 5.31. The molecule has 0 saturated carbocycles. The van der Waals surface area contributed by atoms with E-state index in [0.717, 1.165) is 132 Å². The molecule has 0 amide bonds. The van der Waals surface area contributed by atoms with Crippen molar-refractivity contribution in [3.63, 3.8) is 0 Å². The van der Waals surface area contributed by atoms with Gasteiger partial charge in [0.1, 0.15) is 0 Å². The predicted molar refractivity (Wildman–Crippen MR) is 248 cm³/mol. The second-order valence-electron chi connectivity index (χ2n) is 15.6. The normalized spacial score (nSPS) is 12.2. The van der Waals surface area contributed by atoms with Crippen molar-refractivity contribution in [1.82, 2.24) is 49.2 Å². The predicted octanol–water partition coefficient (Wildman–Crippen LogP) is 11.6. The maximum Gasteiger partial charge on any atom is 0.0996 e. The van der Waals surface area contributed by atoms with E-state index in [0.29, 0.717) is 0 Å². The summed E-state index contributed by atoms with van der Waals surface area (Å²) in [7, 11) is 0. The lowest BCUT2D eigenvalue weighted by atomic mass is 10.1. The van der Waals surface area contributed by atoms with Crippen molar-refractivity contribution in [2.75, 3.05) is 0 Å². The van der Waals surface area contributed by atoms with Crippen LogP contribution in [0, 0.1) is 0 Å². The van der Waals surface area contributed by atoms with Crippen molar-refractivity contribution in [2.45, 2.75) is 0 Å². The third-order valence-electron chi connectivity index (χ3n) is 12.3. The number of hydrogen-bond acceptors (Lipinski definition) is 8. The first kappa shape index (κ1) is 33.1. The van der Waals surface area contributed by atoms with Crippen LogP contribution in [0.25, 0.3) is 132 Å². The van der Waals surface area contributed by atoms with Gasteiger partial charge < -0.3 is 0 Å². The minimum absolute atomic E-state index is 0.773. The summed E-state index contributed by atoms with van der Waals surface area (Å²) in [6, 6.07) is 46.4. The smallest absolute Gasteiger partial charge is 0.0996 e. The largest absolute Gasteiger partial charge is 0.254 e. The average Bonchev–Trinajstić information content (AvgIpc) is 3.85. The topological polar surface area (TPSA) is 113 Å². The van der Waals surface area contributed by atoms with Gasteiger partial charge in [-0.1, -0.05) is 60.7 Å². The quantitative estimate of drug-likeness (QED) is 0.163. The molecule has 0 fully saturated rings. The van der Waals surface area contributed by atoms with Gasteiger partial charge in [-0.3, -0.25) is 29.9 Å². The molecule has 0 bridgehead atoms. The van der Waals surface area contributed by atoms with Crippen LogP contribution in [0.15, 0.2) is 171 Å². The highest BCUT2D eigenvalue weighted by Gasteiger charge is 2.21.